The number of carbonyl (C=O) groups excluding carboxylic acids is 2. The predicted molar refractivity (Wildman–Crippen MR) is 139 cm³/mol. The van der Waals surface area contributed by atoms with Crippen LogP contribution < -0.4 is 10.3 Å². The maximum absolute atomic E-state index is 13.3. The summed E-state index contributed by atoms with van der Waals surface area (Å²) in [4.78, 5) is 26.9. The van der Waals surface area contributed by atoms with Gasteiger partial charge in [-0.2, -0.15) is 10.1 Å². The van der Waals surface area contributed by atoms with Crippen LogP contribution in [0.5, 0.6) is 5.75 Å². The van der Waals surface area contributed by atoms with Crippen molar-refractivity contribution in [2.24, 2.45) is 5.10 Å². The monoisotopic (exact) mass is 548 g/mol. The Kier molecular flexibility index (Phi) is 7.56. The van der Waals surface area contributed by atoms with Crippen LogP contribution in [0.2, 0.25) is 10.0 Å². The van der Waals surface area contributed by atoms with E-state index in [1.165, 1.54) is 17.6 Å². The lowest BCUT2D eigenvalue weighted by molar-refractivity contribution is 0.0953. The van der Waals surface area contributed by atoms with Crippen LogP contribution in [-0.2, 0) is 6.54 Å². The molecule has 4 aromatic rings. The highest BCUT2D eigenvalue weighted by Crippen LogP contribution is 2.45. The number of aromatic hydroxyl groups is 1. The third kappa shape index (κ3) is 5.40. The topological polar surface area (TPSA) is 108 Å². The molecule has 2 N–H and O–H groups in total. The van der Waals surface area contributed by atoms with Crippen LogP contribution in [0.1, 0.15) is 37.7 Å². The molecule has 0 saturated carbocycles. The Morgan fingerprint density at radius 2 is 1.97 bits per heavy atom. The van der Waals surface area contributed by atoms with Gasteiger partial charge < -0.3 is 14.9 Å². The third-order valence-corrected chi connectivity index (χ3v) is 7.54. The quantitative estimate of drug-likeness (QED) is 0.206. The fourth-order valence-electron chi connectivity index (χ4n) is 3.11. The lowest BCUT2D eigenvalue weighted by Crippen LogP contribution is -2.24. The Labute approximate surface area is 218 Å². The Bertz CT molecular complexity index is 1430. The molecule has 0 fully saturated rings. The smallest absolute Gasteiger partial charge is 0.288 e. The number of halogens is 2. The highest BCUT2D eigenvalue weighted by atomic mass is 35.5. The molecule has 3 heterocycles. The van der Waals surface area contributed by atoms with E-state index < -0.39 is 5.91 Å². The first-order valence-corrected chi connectivity index (χ1v) is 12.6. The van der Waals surface area contributed by atoms with Gasteiger partial charge in [0.15, 0.2) is 5.75 Å². The summed E-state index contributed by atoms with van der Waals surface area (Å²) in [6.45, 7) is 3.62. The minimum atomic E-state index is -0.493. The molecule has 0 bridgehead atoms. The molecule has 1 aromatic carbocycles. The van der Waals surface area contributed by atoms with E-state index in [1.807, 2.05) is 0 Å². The molecule has 3 aromatic heterocycles. The first-order valence-electron chi connectivity index (χ1n) is 10.2. The highest BCUT2D eigenvalue weighted by Gasteiger charge is 2.26. The van der Waals surface area contributed by atoms with Gasteiger partial charge in [0, 0.05) is 17.7 Å². The number of hydrogen-bond donors (Lipinski definition) is 2. The molecule has 0 aliphatic carbocycles. The molecular weight excluding hydrogens is 531 g/mol. The summed E-state index contributed by atoms with van der Waals surface area (Å²) < 4.78 is 4.99. The molecule has 0 spiro atoms. The van der Waals surface area contributed by atoms with Crippen molar-refractivity contribution < 1.29 is 19.2 Å². The molecule has 2 amide bonds. The Morgan fingerprint density at radius 1 is 1.20 bits per heavy atom. The van der Waals surface area contributed by atoms with Gasteiger partial charge >= 0.3 is 0 Å². The number of nitrogens with zero attached hydrogens (tertiary/aromatic N) is 3. The second-order valence-corrected chi connectivity index (χ2v) is 9.97. The van der Waals surface area contributed by atoms with Crippen LogP contribution in [0.25, 0.3) is 10.4 Å². The van der Waals surface area contributed by atoms with E-state index in [0.717, 1.165) is 16.3 Å². The van der Waals surface area contributed by atoms with Crippen molar-refractivity contribution in [2.75, 3.05) is 5.01 Å². The van der Waals surface area contributed by atoms with Gasteiger partial charge in [-0.05, 0) is 43.7 Å². The van der Waals surface area contributed by atoms with Crippen molar-refractivity contribution >= 4 is 69.6 Å². The molecule has 12 heteroatoms. The molecule has 0 unspecified atom stereocenters. The van der Waals surface area contributed by atoms with Crippen molar-refractivity contribution in [3.8, 4) is 16.2 Å². The summed E-state index contributed by atoms with van der Waals surface area (Å²) in [5.41, 5.74) is 1.45. The maximum atomic E-state index is 13.3. The van der Waals surface area contributed by atoms with Gasteiger partial charge in [-0.3, -0.25) is 9.59 Å². The standard InChI is InChI=1S/C23H18Cl2N4O4S2/c1-3-27-29(17-11-34-21(20(17)30)13-4-5-15(24)16(25)9-13)23(32)19-7-6-18(35-19)22(31)26-10-14-8-12(2)33-28-14/h3-9,11,30H,10H2,1-2H3,(H,26,31). The van der Waals surface area contributed by atoms with Gasteiger partial charge in [-0.1, -0.05) is 34.4 Å². The van der Waals surface area contributed by atoms with E-state index in [2.05, 4.69) is 15.6 Å². The lowest BCUT2D eigenvalue weighted by Gasteiger charge is -2.15. The zero-order valence-corrected chi connectivity index (χ0v) is 21.6. The van der Waals surface area contributed by atoms with Crippen molar-refractivity contribution in [1.82, 2.24) is 10.5 Å². The van der Waals surface area contributed by atoms with Crippen LogP contribution in [0.15, 0.2) is 51.4 Å². The second-order valence-electron chi connectivity index (χ2n) is 7.19. The minimum absolute atomic E-state index is 0.121. The summed E-state index contributed by atoms with van der Waals surface area (Å²) in [5.74, 6) is -0.313. The summed E-state index contributed by atoms with van der Waals surface area (Å²) >= 11 is 14.4. The number of hydrogen-bond acceptors (Lipinski definition) is 8. The summed E-state index contributed by atoms with van der Waals surface area (Å²) in [5, 5.41) is 25.1. The van der Waals surface area contributed by atoms with E-state index >= 15 is 0 Å². The third-order valence-electron chi connectivity index (χ3n) is 4.73. The van der Waals surface area contributed by atoms with E-state index in [1.54, 1.807) is 55.6 Å². The predicted octanol–water partition coefficient (Wildman–Crippen LogP) is 6.37. The molecule has 0 radical (unpaired) electrons. The number of benzene rings is 1. The molecule has 0 aliphatic rings. The average molecular weight is 549 g/mol. The van der Waals surface area contributed by atoms with Crippen LogP contribution in [0.3, 0.4) is 0 Å². The number of rotatable bonds is 7. The molecule has 0 aliphatic heterocycles. The zero-order chi connectivity index (χ0) is 25.1. The fraction of sp³-hybridized carbons (Fsp3) is 0.130. The number of hydrazone groups is 1. The first-order chi connectivity index (χ1) is 16.8. The number of anilines is 1. The van der Waals surface area contributed by atoms with E-state index in [0.29, 0.717) is 36.8 Å². The summed E-state index contributed by atoms with van der Waals surface area (Å²) in [6.07, 6.45) is 1.44. The number of aromatic nitrogens is 1. The second kappa shape index (κ2) is 10.6. The van der Waals surface area contributed by atoms with Crippen LogP contribution in [0, 0.1) is 6.92 Å². The highest BCUT2D eigenvalue weighted by molar-refractivity contribution is 7.16. The van der Waals surface area contributed by atoms with Crippen LogP contribution in [-0.4, -0.2) is 28.3 Å². The number of carbonyl (C=O) groups is 2. The van der Waals surface area contributed by atoms with Gasteiger partial charge in [0.2, 0.25) is 0 Å². The molecule has 8 nitrogen and oxygen atoms in total. The van der Waals surface area contributed by atoms with Crippen molar-refractivity contribution in [3.63, 3.8) is 0 Å². The Hall–Kier alpha value is -3.18. The van der Waals surface area contributed by atoms with Crippen molar-refractivity contribution in [3.05, 3.63) is 73.0 Å². The van der Waals surface area contributed by atoms with E-state index in [-0.39, 0.29) is 28.8 Å². The maximum Gasteiger partial charge on any atom is 0.288 e. The minimum Gasteiger partial charge on any atom is -0.504 e. The van der Waals surface area contributed by atoms with Gasteiger partial charge in [0.25, 0.3) is 11.8 Å². The van der Waals surface area contributed by atoms with Gasteiger partial charge in [-0.15, -0.1) is 22.7 Å². The molecule has 4 rings (SSSR count). The molecule has 0 saturated heterocycles. The van der Waals surface area contributed by atoms with E-state index in [9.17, 15) is 14.7 Å². The molecular formula is C23H18Cl2N4O4S2. The fourth-order valence-corrected chi connectivity index (χ4v) is 5.18. The number of nitrogens with one attached hydrogen (secondary N) is 1. The Morgan fingerprint density at radius 3 is 2.66 bits per heavy atom. The SMILES string of the molecule is CC=NN(C(=O)c1ccc(C(=O)NCc2cc(C)on2)s1)c1csc(-c2ccc(Cl)c(Cl)c2)c1O. The lowest BCUT2D eigenvalue weighted by atomic mass is 10.1. The van der Waals surface area contributed by atoms with Gasteiger partial charge in [0.1, 0.15) is 17.1 Å². The molecule has 35 heavy (non-hydrogen) atoms. The number of thiophene rings is 2. The zero-order valence-electron chi connectivity index (χ0n) is 18.4. The average Bonchev–Trinajstić information content (AvgIpc) is 3.58. The summed E-state index contributed by atoms with van der Waals surface area (Å²) in [7, 11) is 0. The number of amides is 2. The van der Waals surface area contributed by atoms with Crippen LogP contribution >= 0.6 is 45.9 Å². The largest absolute Gasteiger partial charge is 0.504 e. The van der Waals surface area contributed by atoms with Crippen molar-refractivity contribution in [1.29, 1.82) is 0 Å². The summed E-state index contributed by atoms with van der Waals surface area (Å²) in [6, 6.07) is 9.83. The normalized spacial score (nSPS) is 11.2. The number of aryl methyl sites for hydroxylation is 1. The van der Waals surface area contributed by atoms with Crippen LogP contribution in [0.4, 0.5) is 5.69 Å². The van der Waals surface area contributed by atoms with Crippen molar-refractivity contribution in [2.45, 2.75) is 20.4 Å². The molecule has 180 valence electrons. The first kappa shape index (κ1) is 24.9. The van der Waals surface area contributed by atoms with Gasteiger partial charge in [-0.25, -0.2) is 0 Å². The van der Waals surface area contributed by atoms with Gasteiger partial charge in [0.05, 0.1) is 31.2 Å². The van der Waals surface area contributed by atoms with E-state index in [4.69, 9.17) is 27.7 Å². The Balaban J connectivity index is 1.55. The molecule has 0 atom stereocenters.